The maximum Gasteiger partial charge on any atom is 0.153 e. The first-order valence-electron chi connectivity index (χ1n) is 11.0. The zero-order valence-electron chi connectivity index (χ0n) is 20.0. The van der Waals surface area contributed by atoms with Gasteiger partial charge in [-0.15, -0.1) is 0 Å². The molecular weight excluding hydrogens is 658 g/mol. The largest absolute Gasteiger partial charge is 0.508 e. The molecule has 0 saturated heterocycles. The molecule has 3 aromatic carbocycles. The van der Waals surface area contributed by atoms with E-state index in [0.29, 0.717) is 24.3 Å². The Labute approximate surface area is 224 Å². The minimum atomic E-state index is -0.465. The lowest BCUT2D eigenvalue weighted by molar-refractivity contribution is -0.347. The third kappa shape index (κ3) is 6.16. The molecule has 0 spiro atoms. The minimum Gasteiger partial charge on any atom is -0.508 e. The molecule has 0 saturated carbocycles. The topological polar surface area (TPSA) is 68.2 Å². The predicted molar refractivity (Wildman–Crippen MR) is 151 cm³/mol. The number of aryl methyl sites for hydroxylation is 4. The predicted octanol–water partition coefficient (Wildman–Crippen LogP) is 7.60. The molecule has 0 bridgehead atoms. The van der Waals surface area contributed by atoms with Crippen LogP contribution in [0.2, 0.25) is 0 Å². The van der Waals surface area contributed by atoms with Crippen molar-refractivity contribution in [1.29, 1.82) is 0 Å². The average molecular weight is 688 g/mol. The summed E-state index contributed by atoms with van der Waals surface area (Å²) in [5, 5.41) is 20.3. The summed E-state index contributed by atoms with van der Waals surface area (Å²) in [6.07, 6.45) is -0.512. The number of rotatable bonds is 5. The van der Waals surface area contributed by atoms with Crippen molar-refractivity contribution in [3.63, 3.8) is 0 Å². The van der Waals surface area contributed by atoms with Crippen molar-refractivity contribution >= 4 is 37.2 Å². The van der Waals surface area contributed by atoms with Crippen LogP contribution in [0.15, 0.2) is 42.5 Å². The van der Waals surface area contributed by atoms with Crippen molar-refractivity contribution in [3.8, 4) is 17.2 Å². The molecule has 2 atom stereocenters. The zero-order valence-corrected chi connectivity index (χ0v) is 24.3. The quantitative estimate of drug-likeness (QED) is 0.164. The minimum absolute atomic E-state index is 0.0167. The Hall–Kier alpha value is -1.56. The highest BCUT2D eigenvalue weighted by Crippen LogP contribution is 2.43. The van der Waals surface area contributed by atoms with Gasteiger partial charge in [0.15, 0.2) is 6.10 Å². The Kier molecular flexibility index (Phi) is 9.48. The number of fused-ring (bicyclic) bond motifs is 1. The highest BCUT2D eigenvalue weighted by Gasteiger charge is 2.35. The van der Waals surface area contributed by atoms with Crippen LogP contribution < -0.4 is 4.74 Å². The van der Waals surface area contributed by atoms with Gasteiger partial charge in [-0.25, -0.2) is 9.78 Å². The summed E-state index contributed by atoms with van der Waals surface area (Å²) in [4.78, 5) is 11.6. The van der Waals surface area contributed by atoms with Crippen LogP contribution in [0.4, 0.5) is 0 Å². The Morgan fingerprint density at radius 3 is 2.21 bits per heavy atom. The van der Waals surface area contributed by atoms with E-state index < -0.39 is 12.2 Å². The normalized spacial score (nSPS) is 16.8. The van der Waals surface area contributed by atoms with Gasteiger partial charge in [-0.05, 0) is 73.6 Å². The average Bonchev–Trinajstić information content (AvgIpc) is 2.80. The van der Waals surface area contributed by atoms with Crippen molar-refractivity contribution < 1.29 is 24.7 Å². The summed E-state index contributed by atoms with van der Waals surface area (Å²) >= 11 is 4.24. The standard InChI is InChI=1S/C27H30O5.I2/c1-15-6-7-21(10-16(15)2)27-26(13-23-24(29)11-22(28)12-25(23)31-27)32-30-14-20-8-17(3)19(5)18(4)9-20;1-2/h6-12,26-29H,13-14H2,1-5H3;/t26-,27?;/m1./s1. The van der Waals surface area contributed by atoms with E-state index in [1.54, 1.807) is 0 Å². The summed E-state index contributed by atoms with van der Waals surface area (Å²) in [7, 11) is 0. The van der Waals surface area contributed by atoms with Gasteiger partial charge in [-0.1, -0.05) is 30.3 Å². The van der Waals surface area contributed by atoms with Crippen LogP contribution in [0.1, 0.15) is 50.6 Å². The number of benzene rings is 3. The van der Waals surface area contributed by atoms with Gasteiger partial charge in [0.2, 0.25) is 0 Å². The van der Waals surface area contributed by atoms with Crippen LogP contribution >= 0.6 is 37.2 Å². The lowest BCUT2D eigenvalue weighted by Crippen LogP contribution is -2.33. The van der Waals surface area contributed by atoms with Crippen molar-refractivity contribution in [2.75, 3.05) is 0 Å². The van der Waals surface area contributed by atoms with Crippen LogP contribution in [0.5, 0.6) is 17.2 Å². The number of aromatic hydroxyl groups is 2. The first-order valence-corrected chi connectivity index (χ1v) is 17.3. The maximum absolute atomic E-state index is 10.3. The number of phenolic OH excluding ortho intramolecular Hbond substituents is 2. The Balaban J connectivity index is 0.00000158. The fraction of sp³-hybridized carbons (Fsp3) is 0.333. The second-order valence-electron chi connectivity index (χ2n) is 8.78. The van der Waals surface area contributed by atoms with Crippen molar-refractivity contribution in [1.82, 2.24) is 0 Å². The molecular formula is C27H30I2O5. The lowest BCUT2D eigenvalue weighted by Gasteiger charge is -2.33. The number of halogens is 2. The van der Waals surface area contributed by atoms with Crippen molar-refractivity contribution in [2.24, 2.45) is 0 Å². The number of hydrogen-bond acceptors (Lipinski definition) is 5. The highest BCUT2D eigenvalue weighted by atomic mass is 128. The van der Waals surface area contributed by atoms with Crippen LogP contribution in [-0.4, -0.2) is 16.3 Å². The van der Waals surface area contributed by atoms with E-state index in [0.717, 1.165) is 16.7 Å². The summed E-state index contributed by atoms with van der Waals surface area (Å²) in [5.41, 5.74) is 8.65. The van der Waals surface area contributed by atoms with Gasteiger partial charge in [0, 0.05) is 61.3 Å². The number of phenols is 2. The monoisotopic (exact) mass is 688 g/mol. The highest BCUT2D eigenvalue weighted by molar-refractivity contribution is 15.0. The van der Waals surface area contributed by atoms with E-state index in [9.17, 15) is 10.2 Å². The molecule has 1 aliphatic heterocycles. The van der Waals surface area contributed by atoms with E-state index in [-0.39, 0.29) is 11.5 Å². The number of ether oxygens (including phenoxy) is 1. The molecule has 0 aliphatic carbocycles. The van der Waals surface area contributed by atoms with E-state index >= 15 is 0 Å². The molecule has 182 valence electrons. The van der Waals surface area contributed by atoms with Gasteiger partial charge in [0.25, 0.3) is 0 Å². The summed E-state index contributed by atoms with van der Waals surface area (Å²) in [6.45, 7) is 10.7. The molecule has 4 rings (SSSR count). The van der Waals surface area contributed by atoms with Gasteiger partial charge in [0.1, 0.15) is 30.0 Å². The second-order valence-corrected chi connectivity index (χ2v) is 8.78. The second kappa shape index (κ2) is 11.9. The Bertz CT molecular complexity index is 1140. The number of hydrogen-bond donors (Lipinski definition) is 2. The summed E-state index contributed by atoms with van der Waals surface area (Å²) in [6, 6.07) is 13.2. The summed E-state index contributed by atoms with van der Waals surface area (Å²) < 4.78 is 6.22. The first-order chi connectivity index (χ1) is 16.2. The van der Waals surface area contributed by atoms with E-state index in [1.165, 1.54) is 34.4 Å². The molecule has 2 N–H and O–H groups in total. The molecule has 3 aromatic rings. The van der Waals surface area contributed by atoms with E-state index in [1.807, 2.05) is 6.07 Å². The molecule has 1 unspecified atom stereocenters. The molecule has 5 nitrogen and oxygen atoms in total. The third-order valence-electron chi connectivity index (χ3n) is 6.43. The third-order valence-corrected chi connectivity index (χ3v) is 6.43. The Morgan fingerprint density at radius 2 is 1.56 bits per heavy atom. The van der Waals surface area contributed by atoms with Crippen LogP contribution in [0, 0.1) is 34.6 Å². The maximum atomic E-state index is 10.3. The molecule has 0 fully saturated rings. The SMILES string of the molecule is Cc1ccc(C2Oc3cc(O)cc(O)c3C[C@H]2OOCc2cc(C)c(C)c(C)c2)cc1C.II. The Morgan fingerprint density at radius 1 is 0.882 bits per heavy atom. The van der Waals surface area contributed by atoms with Crippen molar-refractivity contribution in [2.45, 2.75) is 59.9 Å². The first kappa shape index (κ1) is 27.0. The molecule has 1 aliphatic rings. The lowest BCUT2D eigenvalue weighted by atomic mass is 9.92. The molecule has 0 amide bonds. The van der Waals surface area contributed by atoms with Gasteiger partial charge in [-0.3, -0.25) is 0 Å². The van der Waals surface area contributed by atoms with Gasteiger partial charge in [-0.2, -0.15) is 0 Å². The van der Waals surface area contributed by atoms with Crippen LogP contribution in [-0.2, 0) is 22.8 Å². The van der Waals surface area contributed by atoms with Gasteiger partial charge < -0.3 is 14.9 Å². The zero-order chi connectivity index (χ0) is 25.0. The molecule has 7 heteroatoms. The van der Waals surface area contributed by atoms with E-state index in [4.69, 9.17) is 14.5 Å². The summed E-state index contributed by atoms with van der Waals surface area (Å²) in [5.74, 6) is 0.396. The fourth-order valence-corrected chi connectivity index (χ4v) is 4.15. The smallest absolute Gasteiger partial charge is 0.153 e. The van der Waals surface area contributed by atoms with Crippen LogP contribution in [0.25, 0.3) is 0 Å². The molecule has 34 heavy (non-hydrogen) atoms. The molecule has 0 radical (unpaired) electrons. The van der Waals surface area contributed by atoms with Gasteiger partial charge >= 0.3 is 0 Å². The molecule has 0 aromatic heterocycles. The van der Waals surface area contributed by atoms with Gasteiger partial charge in [0.05, 0.1) is 0 Å². The van der Waals surface area contributed by atoms with E-state index in [2.05, 4.69) is 96.1 Å². The fourth-order valence-electron chi connectivity index (χ4n) is 4.15. The van der Waals surface area contributed by atoms with Crippen molar-refractivity contribution in [3.05, 3.63) is 87.0 Å². The van der Waals surface area contributed by atoms with Crippen LogP contribution in [0.3, 0.4) is 0 Å². The molecule has 1 heterocycles.